The van der Waals surface area contributed by atoms with E-state index in [2.05, 4.69) is 5.32 Å². The minimum atomic E-state index is -4.21. The zero-order chi connectivity index (χ0) is 15.5. The van der Waals surface area contributed by atoms with Crippen LogP contribution in [0, 0.1) is 5.82 Å². The zero-order valence-corrected chi connectivity index (χ0v) is 13.4. The van der Waals surface area contributed by atoms with E-state index in [1.807, 2.05) is 4.90 Å². The molecule has 0 saturated carbocycles. The van der Waals surface area contributed by atoms with Crippen LogP contribution in [0.1, 0.15) is 24.4 Å². The largest absolute Gasteiger partial charge is 0.389 e. The second-order valence-corrected chi connectivity index (χ2v) is 5.54. The van der Waals surface area contributed by atoms with Gasteiger partial charge in [0, 0.05) is 38.6 Å². The lowest BCUT2D eigenvalue weighted by Gasteiger charge is -2.35. The van der Waals surface area contributed by atoms with Crippen LogP contribution in [0.2, 0.25) is 5.02 Å². The number of rotatable bonds is 4. The van der Waals surface area contributed by atoms with Crippen LogP contribution in [-0.2, 0) is 0 Å². The molecule has 0 unspecified atom stereocenters. The molecule has 1 aliphatic rings. The summed E-state index contributed by atoms with van der Waals surface area (Å²) in [7, 11) is 0. The van der Waals surface area contributed by atoms with Crippen molar-refractivity contribution in [2.45, 2.75) is 25.1 Å². The van der Waals surface area contributed by atoms with Crippen LogP contribution in [0.25, 0.3) is 0 Å². The number of nitrogens with zero attached hydrogens (tertiary/aromatic N) is 1. The average Bonchev–Trinajstić information content (AvgIpc) is 2.43. The Bertz CT molecular complexity index is 476. The Morgan fingerprint density at radius 2 is 1.86 bits per heavy atom. The molecule has 0 aliphatic carbocycles. The molecule has 1 aliphatic heterocycles. The lowest BCUT2D eigenvalue weighted by Crippen LogP contribution is -2.45. The van der Waals surface area contributed by atoms with Gasteiger partial charge in [0.15, 0.2) is 0 Å². The molecule has 126 valence electrons. The van der Waals surface area contributed by atoms with Gasteiger partial charge in [-0.3, -0.25) is 4.90 Å². The first kappa shape index (κ1) is 19.5. The third kappa shape index (κ3) is 5.57. The number of benzene rings is 1. The van der Waals surface area contributed by atoms with Crippen LogP contribution in [0.4, 0.5) is 17.6 Å². The van der Waals surface area contributed by atoms with E-state index >= 15 is 0 Å². The molecule has 0 aromatic heterocycles. The van der Waals surface area contributed by atoms with Crippen molar-refractivity contribution in [3.8, 4) is 0 Å². The standard InChI is InChI=1S/C14H17ClF4N2.ClH/c15-11-2-1-10(9-12(11)16)13(3-4-14(17,18)19)21-7-5-20-6-8-21;/h1-2,9,13,20H,3-8H2;1H/t13-;/m0./s1. The third-order valence-electron chi connectivity index (χ3n) is 3.62. The number of halogens is 6. The van der Waals surface area contributed by atoms with Gasteiger partial charge in [0.05, 0.1) is 5.02 Å². The monoisotopic (exact) mass is 360 g/mol. The van der Waals surface area contributed by atoms with Crippen molar-refractivity contribution < 1.29 is 17.6 Å². The predicted octanol–water partition coefficient (Wildman–Crippen LogP) is 4.19. The van der Waals surface area contributed by atoms with Gasteiger partial charge in [0.2, 0.25) is 0 Å². The number of piperazine rings is 1. The van der Waals surface area contributed by atoms with E-state index in [-0.39, 0.29) is 23.9 Å². The SMILES string of the molecule is Cl.Fc1cc([C@H](CCC(F)(F)F)N2CCNCC2)ccc1Cl. The van der Waals surface area contributed by atoms with E-state index in [0.717, 1.165) is 13.1 Å². The molecule has 0 amide bonds. The fraction of sp³-hybridized carbons (Fsp3) is 0.571. The van der Waals surface area contributed by atoms with Gasteiger partial charge in [0.25, 0.3) is 0 Å². The van der Waals surface area contributed by atoms with Crippen LogP contribution in [0.5, 0.6) is 0 Å². The number of nitrogens with one attached hydrogen (secondary N) is 1. The Morgan fingerprint density at radius 1 is 1.23 bits per heavy atom. The van der Waals surface area contributed by atoms with E-state index in [9.17, 15) is 17.6 Å². The Hall–Kier alpha value is -0.560. The van der Waals surface area contributed by atoms with E-state index < -0.39 is 24.5 Å². The van der Waals surface area contributed by atoms with Gasteiger partial charge in [0.1, 0.15) is 5.82 Å². The molecular weight excluding hydrogens is 343 g/mol. The minimum absolute atomic E-state index is 0. The summed E-state index contributed by atoms with van der Waals surface area (Å²) < 4.78 is 51.1. The molecule has 0 bridgehead atoms. The quantitative estimate of drug-likeness (QED) is 0.809. The first-order valence-corrected chi connectivity index (χ1v) is 7.21. The van der Waals surface area contributed by atoms with Crippen molar-refractivity contribution in [1.82, 2.24) is 10.2 Å². The molecule has 8 heteroatoms. The van der Waals surface area contributed by atoms with Crippen LogP contribution in [0.15, 0.2) is 18.2 Å². The summed E-state index contributed by atoms with van der Waals surface area (Å²) in [5.41, 5.74) is 0.544. The van der Waals surface area contributed by atoms with Gasteiger partial charge in [-0.2, -0.15) is 13.2 Å². The minimum Gasteiger partial charge on any atom is -0.314 e. The summed E-state index contributed by atoms with van der Waals surface area (Å²) in [4.78, 5) is 1.96. The lowest BCUT2D eigenvalue weighted by molar-refractivity contribution is -0.138. The zero-order valence-electron chi connectivity index (χ0n) is 11.8. The number of alkyl halides is 3. The van der Waals surface area contributed by atoms with Gasteiger partial charge in [-0.1, -0.05) is 17.7 Å². The first-order chi connectivity index (χ1) is 9.87. The highest BCUT2D eigenvalue weighted by Gasteiger charge is 2.31. The molecule has 22 heavy (non-hydrogen) atoms. The van der Waals surface area contributed by atoms with Gasteiger partial charge >= 0.3 is 6.18 Å². The molecule has 1 aromatic rings. The van der Waals surface area contributed by atoms with Crippen molar-refractivity contribution in [3.63, 3.8) is 0 Å². The summed E-state index contributed by atoms with van der Waals surface area (Å²) in [6.45, 7) is 2.73. The summed E-state index contributed by atoms with van der Waals surface area (Å²) in [5.74, 6) is -0.596. The topological polar surface area (TPSA) is 15.3 Å². The van der Waals surface area contributed by atoms with Crippen LogP contribution >= 0.6 is 24.0 Å². The highest BCUT2D eigenvalue weighted by molar-refractivity contribution is 6.30. The normalized spacial score (nSPS) is 17.9. The highest BCUT2D eigenvalue weighted by atomic mass is 35.5. The summed E-state index contributed by atoms with van der Waals surface area (Å²) in [6.07, 6.45) is -5.17. The Labute approximate surface area is 138 Å². The fourth-order valence-electron chi connectivity index (χ4n) is 2.57. The third-order valence-corrected chi connectivity index (χ3v) is 3.93. The van der Waals surface area contributed by atoms with E-state index in [1.165, 1.54) is 12.1 Å². The Kier molecular flexibility index (Phi) is 7.38. The summed E-state index contributed by atoms with van der Waals surface area (Å²) >= 11 is 5.64. The molecule has 1 N–H and O–H groups in total. The number of hydrogen-bond acceptors (Lipinski definition) is 2. The maximum absolute atomic E-state index is 13.6. The lowest BCUT2D eigenvalue weighted by atomic mass is 9.99. The molecule has 0 radical (unpaired) electrons. The predicted molar refractivity (Wildman–Crippen MR) is 81.1 cm³/mol. The molecule has 0 spiro atoms. The van der Waals surface area contributed by atoms with Gasteiger partial charge < -0.3 is 5.32 Å². The second-order valence-electron chi connectivity index (χ2n) is 5.13. The molecule has 1 heterocycles. The smallest absolute Gasteiger partial charge is 0.314 e. The second kappa shape index (κ2) is 8.34. The Balaban J connectivity index is 0.00000242. The summed E-state index contributed by atoms with van der Waals surface area (Å²) in [6, 6.07) is 3.80. The van der Waals surface area contributed by atoms with Crippen molar-refractivity contribution in [2.75, 3.05) is 26.2 Å². The summed E-state index contributed by atoms with van der Waals surface area (Å²) in [5, 5.41) is 3.14. The van der Waals surface area contributed by atoms with Crippen LogP contribution in [0.3, 0.4) is 0 Å². The van der Waals surface area contributed by atoms with Crippen molar-refractivity contribution in [1.29, 1.82) is 0 Å². The molecule has 1 atom stereocenters. The molecule has 1 aromatic carbocycles. The highest BCUT2D eigenvalue weighted by Crippen LogP contribution is 2.32. The van der Waals surface area contributed by atoms with Crippen LogP contribution < -0.4 is 5.32 Å². The molecule has 1 saturated heterocycles. The maximum atomic E-state index is 13.6. The van der Waals surface area contributed by atoms with Crippen molar-refractivity contribution in [3.05, 3.63) is 34.6 Å². The average molecular weight is 361 g/mol. The van der Waals surface area contributed by atoms with E-state index in [1.54, 1.807) is 6.07 Å². The van der Waals surface area contributed by atoms with Gasteiger partial charge in [-0.05, 0) is 24.1 Å². The van der Waals surface area contributed by atoms with E-state index in [4.69, 9.17) is 11.6 Å². The van der Waals surface area contributed by atoms with Gasteiger partial charge in [-0.15, -0.1) is 12.4 Å². The fourth-order valence-corrected chi connectivity index (χ4v) is 2.69. The van der Waals surface area contributed by atoms with E-state index in [0.29, 0.717) is 18.7 Å². The maximum Gasteiger partial charge on any atom is 0.389 e. The molecular formula is C14H18Cl2F4N2. The molecule has 2 rings (SSSR count). The van der Waals surface area contributed by atoms with Crippen LogP contribution in [-0.4, -0.2) is 37.3 Å². The van der Waals surface area contributed by atoms with Gasteiger partial charge in [-0.25, -0.2) is 4.39 Å². The number of hydrogen-bond donors (Lipinski definition) is 1. The Morgan fingerprint density at radius 3 is 2.41 bits per heavy atom. The van der Waals surface area contributed by atoms with Crippen molar-refractivity contribution in [2.24, 2.45) is 0 Å². The van der Waals surface area contributed by atoms with Crippen molar-refractivity contribution >= 4 is 24.0 Å². The molecule has 2 nitrogen and oxygen atoms in total. The first-order valence-electron chi connectivity index (χ1n) is 6.83. The molecule has 1 fully saturated rings.